The SMILES string of the molecule is CO[C@]1(c2ccc(Cl)c(Cc3ccc(OCCOC4CC4)cc3)c2)C[C@@H](O)CC(CO)O1. The smallest absolute Gasteiger partial charge is 0.197 e. The third kappa shape index (κ3) is 5.81. The van der Waals surface area contributed by atoms with Gasteiger partial charge >= 0.3 is 0 Å². The molecule has 6 nitrogen and oxygen atoms in total. The Morgan fingerprint density at radius 2 is 1.91 bits per heavy atom. The maximum Gasteiger partial charge on any atom is 0.197 e. The minimum absolute atomic E-state index is 0.177. The minimum atomic E-state index is -1.12. The first-order valence-electron chi connectivity index (χ1n) is 11.2. The van der Waals surface area contributed by atoms with Crippen LogP contribution in [0.3, 0.4) is 0 Å². The van der Waals surface area contributed by atoms with Gasteiger partial charge in [0.05, 0.1) is 31.5 Å². The van der Waals surface area contributed by atoms with Crippen LogP contribution >= 0.6 is 11.6 Å². The van der Waals surface area contributed by atoms with Crippen LogP contribution in [0, 0.1) is 0 Å². The predicted octanol–water partition coefficient (Wildman–Crippen LogP) is 3.82. The third-order valence-corrected chi connectivity index (χ3v) is 6.33. The molecule has 2 N–H and O–H groups in total. The van der Waals surface area contributed by atoms with Crippen LogP contribution in [0.25, 0.3) is 0 Å². The van der Waals surface area contributed by atoms with Crippen molar-refractivity contribution in [2.75, 3.05) is 26.9 Å². The molecular weight excluding hydrogens is 432 g/mol. The number of hydrogen-bond acceptors (Lipinski definition) is 6. The van der Waals surface area contributed by atoms with Gasteiger partial charge in [0.15, 0.2) is 5.79 Å². The molecule has 1 heterocycles. The molecule has 2 aromatic rings. The highest BCUT2D eigenvalue weighted by Gasteiger charge is 2.43. The van der Waals surface area contributed by atoms with Gasteiger partial charge < -0.3 is 29.2 Å². The van der Waals surface area contributed by atoms with Crippen molar-refractivity contribution in [1.82, 2.24) is 0 Å². The Labute approximate surface area is 194 Å². The lowest BCUT2D eigenvalue weighted by molar-refractivity contribution is -0.298. The van der Waals surface area contributed by atoms with E-state index in [1.54, 1.807) is 7.11 Å². The lowest BCUT2D eigenvalue weighted by Crippen LogP contribution is -2.46. The quantitative estimate of drug-likeness (QED) is 0.523. The van der Waals surface area contributed by atoms with Crippen molar-refractivity contribution in [2.24, 2.45) is 0 Å². The zero-order chi connectivity index (χ0) is 22.6. The molecule has 1 saturated carbocycles. The molecule has 1 unspecified atom stereocenters. The molecule has 7 heteroatoms. The molecule has 2 aromatic carbocycles. The molecule has 174 valence electrons. The number of benzene rings is 2. The summed E-state index contributed by atoms with van der Waals surface area (Å²) in [6, 6.07) is 13.6. The molecule has 1 aliphatic heterocycles. The van der Waals surface area contributed by atoms with Crippen LogP contribution in [-0.2, 0) is 26.4 Å². The lowest BCUT2D eigenvalue weighted by atomic mass is 9.91. The normalized spacial score (nSPS) is 25.6. The molecule has 4 rings (SSSR count). The average Bonchev–Trinajstić information content (AvgIpc) is 3.63. The second-order valence-corrected chi connectivity index (χ2v) is 8.93. The van der Waals surface area contributed by atoms with Gasteiger partial charge in [-0.2, -0.15) is 0 Å². The van der Waals surface area contributed by atoms with Crippen LogP contribution in [0.2, 0.25) is 5.02 Å². The van der Waals surface area contributed by atoms with Crippen LogP contribution in [0.15, 0.2) is 42.5 Å². The van der Waals surface area contributed by atoms with E-state index in [0.29, 0.717) is 37.2 Å². The van der Waals surface area contributed by atoms with Gasteiger partial charge in [-0.3, -0.25) is 0 Å². The molecule has 32 heavy (non-hydrogen) atoms. The summed E-state index contributed by atoms with van der Waals surface area (Å²) in [5.41, 5.74) is 2.79. The molecule has 2 aliphatic rings. The van der Waals surface area contributed by atoms with Gasteiger partial charge in [0.25, 0.3) is 0 Å². The van der Waals surface area contributed by atoms with E-state index < -0.39 is 18.0 Å². The molecule has 0 spiro atoms. The minimum Gasteiger partial charge on any atom is -0.491 e. The first-order chi connectivity index (χ1) is 15.5. The van der Waals surface area contributed by atoms with E-state index in [4.69, 9.17) is 30.5 Å². The van der Waals surface area contributed by atoms with E-state index in [-0.39, 0.29) is 13.0 Å². The Bertz CT molecular complexity index is 885. The first kappa shape index (κ1) is 23.5. The average molecular weight is 463 g/mol. The first-order valence-corrected chi connectivity index (χ1v) is 11.5. The van der Waals surface area contributed by atoms with E-state index in [2.05, 4.69) is 0 Å². The summed E-state index contributed by atoms with van der Waals surface area (Å²) in [6.45, 7) is 0.983. The summed E-state index contributed by atoms with van der Waals surface area (Å²) in [5.74, 6) is -0.309. The highest BCUT2D eigenvalue weighted by Crippen LogP contribution is 2.40. The van der Waals surface area contributed by atoms with Gasteiger partial charge in [-0.25, -0.2) is 0 Å². The highest BCUT2D eigenvalue weighted by molar-refractivity contribution is 6.31. The fraction of sp³-hybridized carbons (Fsp3) is 0.520. The summed E-state index contributed by atoms with van der Waals surface area (Å²) in [6.07, 6.45) is 2.96. The van der Waals surface area contributed by atoms with Gasteiger partial charge in [-0.05, 0) is 54.7 Å². The molecule has 0 aromatic heterocycles. The van der Waals surface area contributed by atoms with E-state index in [0.717, 1.165) is 22.4 Å². The number of aliphatic hydroxyl groups excluding tert-OH is 2. The van der Waals surface area contributed by atoms with Crippen molar-refractivity contribution >= 4 is 11.6 Å². The fourth-order valence-corrected chi connectivity index (χ4v) is 4.27. The van der Waals surface area contributed by atoms with Crippen LogP contribution in [0.1, 0.15) is 42.4 Å². The summed E-state index contributed by atoms with van der Waals surface area (Å²) in [7, 11) is 1.55. The largest absolute Gasteiger partial charge is 0.491 e. The van der Waals surface area contributed by atoms with Crippen LogP contribution in [0.5, 0.6) is 5.75 Å². The van der Waals surface area contributed by atoms with Gasteiger partial charge in [-0.15, -0.1) is 0 Å². The van der Waals surface area contributed by atoms with Crippen molar-refractivity contribution in [1.29, 1.82) is 0 Å². The van der Waals surface area contributed by atoms with Gasteiger partial charge in [0, 0.05) is 30.5 Å². The Morgan fingerprint density at radius 3 is 2.59 bits per heavy atom. The van der Waals surface area contributed by atoms with Crippen LogP contribution < -0.4 is 4.74 Å². The maximum absolute atomic E-state index is 10.3. The zero-order valence-electron chi connectivity index (χ0n) is 18.3. The second kappa shape index (κ2) is 10.5. The van der Waals surface area contributed by atoms with E-state index in [1.807, 2.05) is 42.5 Å². The number of aliphatic hydroxyl groups is 2. The van der Waals surface area contributed by atoms with Crippen molar-refractivity contribution < 1.29 is 29.2 Å². The molecule has 0 radical (unpaired) electrons. The monoisotopic (exact) mass is 462 g/mol. The van der Waals surface area contributed by atoms with Crippen molar-refractivity contribution in [3.8, 4) is 5.75 Å². The van der Waals surface area contributed by atoms with Crippen LogP contribution in [-0.4, -0.2) is 55.5 Å². The van der Waals surface area contributed by atoms with Gasteiger partial charge in [0.1, 0.15) is 12.4 Å². The summed E-state index contributed by atoms with van der Waals surface area (Å²) >= 11 is 6.50. The van der Waals surface area contributed by atoms with E-state index in [1.165, 1.54) is 12.8 Å². The number of hydrogen-bond donors (Lipinski definition) is 2. The summed E-state index contributed by atoms with van der Waals surface area (Å²) in [4.78, 5) is 0. The molecule has 0 bridgehead atoms. The summed E-state index contributed by atoms with van der Waals surface area (Å²) in [5, 5.41) is 20.5. The van der Waals surface area contributed by atoms with Crippen molar-refractivity contribution in [2.45, 2.75) is 56.2 Å². The number of ether oxygens (including phenoxy) is 4. The van der Waals surface area contributed by atoms with Crippen LogP contribution in [0.4, 0.5) is 0 Å². The van der Waals surface area contributed by atoms with Crippen molar-refractivity contribution in [3.63, 3.8) is 0 Å². The lowest BCUT2D eigenvalue weighted by Gasteiger charge is -2.42. The Balaban J connectivity index is 1.44. The Morgan fingerprint density at radius 1 is 1.12 bits per heavy atom. The van der Waals surface area contributed by atoms with Gasteiger partial charge in [0.2, 0.25) is 0 Å². The second-order valence-electron chi connectivity index (χ2n) is 8.52. The zero-order valence-corrected chi connectivity index (χ0v) is 19.1. The fourth-order valence-electron chi connectivity index (χ4n) is 4.09. The van der Waals surface area contributed by atoms with E-state index >= 15 is 0 Å². The maximum atomic E-state index is 10.3. The van der Waals surface area contributed by atoms with Gasteiger partial charge in [-0.1, -0.05) is 29.8 Å². The number of methoxy groups -OCH3 is 1. The predicted molar refractivity (Wildman–Crippen MR) is 121 cm³/mol. The molecule has 0 amide bonds. The van der Waals surface area contributed by atoms with E-state index in [9.17, 15) is 10.2 Å². The molecule has 2 fully saturated rings. The topological polar surface area (TPSA) is 77.4 Å². The number of rotatable bonds is 10. The third-order valence-electron chi connectivity index (χ3n) is 5.96. The van der Waals surface area contributed by atoms with Crippen molar-refractivity contribution in [3.05, 3.63) is 64.2 Å². The molecule has 3 atom stereocenters. The highest BCUT2D eigenvalue weighted by atomic mass is 35.5. The molecular formula is C25H31ClO6. The number of halogens is 1. The standard InChI is InChI=1S/C25H31ClO6/c1-29-25(15-20(28)14-23(16-27)32-25)19-4-9-24(26)18(13-19)12-17-2-5-21(6-3-17)30-10-11-31-22-7-8-22/h2-6,9,13,20,22-23,27-28H,7-8,10-12,14-16H2,1H3/t20-,23?,25+/m0/s1. The molecule has 1 aliphatic carbocycles. The summed E-state index contributed by atoms with van der Waals surface area (Å²) < 4.78 is 23.1. The Hall–Kier alpha value is -1.67. The molecule has 1 saturated heterocycles. The Kier molecular flexibility index (Phi) is 7.71.